The number of nitrogens with one attached hydrogen (secondary N) is 2. The summed E-state index contributed by atoms with van der Waals surface area (Å²) in [5.41, 5.74) is 3.31. The first kappa shape index (κ1) is 17.8. The SMILES string of the molecule is CCCc1[nH]ncc1C(=O)NCc1cc2n(n1)CCN(C(=O)C1CCC1)C2. The van der Waals surface area contributed by atoms with Crippen LogP contribution in [0.2, 0.25) is 0 Å². The molecule has 1 saturated carbocycles. The molecule has 2 aromatic heterocycles. The summed E-state index contributed by atoms with van der Waals surface area (Å²) < 4.78 is 1.95. The monoisotopic (exact) mass is 370 g/mol. The lowest BCUT2D eigenvalue weighted by atomic mass is 9.84. The van der Waals surface area contributed by atoms with E-state index < -0.39 is 0 Å². The molecule has 3 heterocycles. The molecule has 1 aliphatic carbocycles. The molecular formula is C19H26N6O2. The number of aromatic amines is 1. The molecule has 0 spiro atoms. The standard InChI is InChI=1S/C19H26N6O2/c1-2-4-17-16(11-21-22-17)18(26)20-10-14-9-15-12-24(7-8-25(15)23-14)19(27)13-5-3-6-13/h9,11,13H,2-8,10,12H2,1H3,(H,20,26)(H,21,22). The van der Waals surface area contributed by atoms with Gasteiger partial charge in [-0.2, -0.15) is 10.2 Å². The second-order valence-corrected chi connectivity index (χ2v) is 7.43. The molecule has 0 saturated heterocycles. The number of amides is 2. The highest BCUT2D eigenvalue weighted by atomic mass is 16.2. The Morgan fingerprint density at radius 1 is 1.33 bits per heavy atom. The van der Waals surface area contributed by atoms with E-state index in [1.807, 2.05) is 15.6 Å². The number of rotatable bonds is 6. The Kier molecular flexibility index (Phi) is 4.96. The van der Waals surface area contributed by atoms with Gasteiger partial charge < -0.3 is 10.2 Å². The molecule has 8 heteroatoms. The summed E-state index contributed by atoms with van der Waals surface area (Å²) in [7, 11) is 0. The van der Waals surface area contributed by atoms with Crippen LogP contribution in [0.4, 0.5) is 0 Å². The molecule has 1 aliphatic heterocycles. The van der Waals surface area contributed by atoms with Gasteiger partial charge >= 0.3 is 0 Å². The summed E-state index contributed by atoms with van der Waals surface area (Å²) in [6.07, 6.45) is 6.55. The predicted molar refractivity (Wildman–Crippen MR) is 98.7 cm³/mol. The Bertz CT molecular complexity index is 835. The van der Waals surface area contributed by atoms with E-state index in [0.29, 0.717) is 31.7 Å². The van der Waals surface area contributed by atoms with Gasteiger partial charge in [0.1, 0.15) is 0 Å². The number of carbonyl (C=O) groups is 2. The molecule has 1 fully saturated rings. The van der Waals surface area contributed by atoms with Crippen molar-refractivity contribution in [3.8, 4) is 0 Å². The van der Waals surface area contributed by atoms with Crippen molar-refractivity contribution in [1.29, 1.82) is 0 Å². The van der Waals surface area contributed by atoms with E-state index in [1.54, 1.807) is 6.20 Å². The molecule has 2 aliphatic rings. The van der Waals surface area contributed by atoms with Crippen LogP contribution in [-0.4, -0.2) is 43.2 Å². The fraction of sp³-hybridized carbons (Fsp3) is 0.579. The quantitative estimate of drug-likeness (QED) is 0.808. The van der Waals surface area contributed by atoms with Crippen LogP contribution in [0.5, 0.6) is 0 Å². The Labute approximate surface area is 158 Å². The van der Waals surface area contributed by atoms with Crippen LogP contribution in [0, 0.1) is 5.92 Å². The van der Waals surface area contributed by atoms with Crippen molar-refractivity contribution in [2.45, 2.75) is 58.7 Å². The van der Waals surface area contributed by atoms with Gasteiger partial charge in [-0.25, -0.2) is 0 Å². The minimum atomic E-state index is -0.139. The second-order valence-electron chi connectivity index (χ2n) is 7.43. The molecule has 4 rings (SSSR count). The van der Waals surface area contributed by atoms with Gasteiger partial charge in [-0.3, -0.25) is 19.4 Å². The highest BCUT2D eigenvalue weighted by Gasteiger charge is 2.31. The van der Waals surface area contributed by atoms with Crippen molar-refractivity contribution >= 4 is 11.8 Å². The van der Waals surface area contributed by atoms with E-state index in [2.05, 4.69) is 27.5 Å². The van der Waals surface area contributed by atoms with Crippen LogP contribution >= 0.6 is 0 Å². The van der Waals surface area contributed by atoms with Crippen molar-refractivity contribution in [2.24, 2.45) is 5.92 Å². The third kappa shape index (κ3) is 3.61. The number of hydrogen-bond acceptors (Lipinski definition) is 4. The van der Waals surface area contributed by atoms with Gasteiger partial charge in [0, 0.05) is 18.2 Å². The minimum Gasteiger partial charge on any atom is -0.346 e. The van der Waals surface area contributed by atoms with Crippen molar-refractivity contribution < 1.29 is 9.59 Å². The number of H-pyrrole nitrogens is 1. The average Bonchev–Trinajstić information content (AvgIpc) is 3.24. The van der Waals surface area contributed by atoms with Crippen LogP contribution < -0.4 is 5.32 Å². The smallest absolute Gasteiger partial charge is 0.255 e. The zero-order chi connectivity index (χ0) is 18.8. The molecule has 27 heavy (non-hydrogen) atoms. The number of aryl methyl sites for hydroxylation is 1. The maximum atomic E-state index is 12.5. The summed E-state index contributed by atoms with van der Waals surface area (Å²) in [6, 6.07) is 1.99. The van der Waals surface area contributed by atoms with Crippen molar-refractivity contribution in [3.63, 3.8) is 0 Å². The lowest BCUT2D eigenvalue weighted by Crippen LogP contribution is -2.43. The highest BCUT2D eigenvalue weighted by molar-refractivity contribution is 5.95. The summed E-state index contributed by atoms with van der Waals surface area (Å²) in [5, 5.41) is 14.4. The third-order valence-electron chi connectivity index (χ3n) is 5.51. The molecule has 0 radical (unpaired) electrons. The molecule has 144 valence electrons. The van der Waals surface area contributed by atoms with Gasteiger partial charge in [-0.05, 0) is 25.3 Å². The van der Waals surface area contributed by atoms with Gasteiger partial charge in [0.05, 0.1) is 42.8 Å². The average molecular weight is 370 g/mol. The lowest BCUT2D eigenvalue weighted by Gasteiger charge is -2.34. The first-order chi connectivity index (χ1) is 13.2. The van der Waals surface area contributed by atoms with E-state index >= 15 is 0 Å². The summed E-state index contributed by atoms with van der Waals surface area (Å²) in [5.74, 6) is 0.373. The molecule has 0 aromatic carbocycles. The minimum absolute atomic E-state index is 0.139. The number of nitrogens with zero attached hydrogens (tertiary/aromatic N) is 4. The van der Waals surface area contributed by atoms with Gasteiger partial charge in [0.2, 0.25) is 5.91 Å². The van der Waals surface area contributed by atoms with Gasteiger partial charge in [0.15, 0.2) is 0 Å². The Hall–Kier alpha value is -2.64. The van der Waals surface area contributed by atoms with Crippen LogP contribution in [0.3, 0.4) is 0 Å². The summed E-state index contributed by atoms with van der Waals surface area (Å²) >= 11 is 0. The zero-order valence-electron chi connectivity index (χ0n) is 15.7. The predicted octanol–water partition coefficient (Wildman–Crippen LogP) is 1.63. The Balaban J connectivity index is 1.36. The first-order valence-corrected chi connectivity index (χ1v) is 9.80. The van der Waals surface area contributed by atoms with Gasteiger partial charge in [0.25, 0.3) is 5.91 Å². The van der Waals surface area contributed by atoms with E-state index in [-0.39, 0.29) is 17.7 Å². The maximum Gasteiger partial charge on any atom is 0.255 e. The van der Waals surface area contributed by atoms with E-state index in [1.165, 1.54) is 6.42 Å². The number of aromatic nitrogens is 4. The van der Waals surface area contributed by atoms with E-state index in [4.69, 9.17) is 0 Å². The summed E-state index contributed by atoms with van der Waals surface area (Å²) in [4.78, 5) is 26.8. The largest absolute Gasteiger partial charge is 0.346 e. The van der Waals surface area contributed by atoms with E-state index in [0.717, 1.165) is 42.8 Å². The molecule has 0 atom stereocenters. The molecule has 0 bridgehead atoms. The number of hydrogen-bond donors (Lipinski definition) is 2. The number of carbonyl (C=O) groups excluding carboxylic acids is 2. The second kappa shape index (κ2) is 7.54. The maximum absolute atomic E-state index is 12.5. The van der Waals surface area contributed by atoms with Crippen molar-refractivity contribution in [3.05, 3.63) is 34.9 Å². The van der Waals surface area contributed by atoms with Crippen molar-refractivity contribution in [1.82, 2.24) is 30.2 Å². The zero-order valence-corrected chi connectivity index (χ0v) is 15.7. The normalized spacial score (nSPS) is 16.7. The van der Waals surface area contributed by atoms with Gasteiger partial charge in [-0.15, -0.1) is 0 Å². The van der Waals surface area contributed by atoms with Crippen LogP contribution in [0.25, 0.3) is 0 Å². The highest BCUT2D eigenvalue weighted by Crippen LogP contribution is 2.29. The molecule has 2 N–H and O–H groups in total. The van der Waals surface area contributed by atoms with Crippen molar-refractivity contribution in [2.75, 3.05) is 6.54 Å². The number of fused-ring (bicyclic) bond motifs is 1. The summed E-state index contributed by atoms with van der Waals surface area (Å²) in [6.45, 7) is 4.47. The first-order valence-electron chi connectivity index (χ1n) is 9.80. The van der Waals surface area contributed by atoms with E-state index in [9.17, 15) is 9.59 Å². The van der Waals surface area contributed by atoms with Crippen LogP contribution in [0.15, 0.2) is 12.3 Å². The molecule has 2 amide bonds. The lowest BCUT2D eigenvalue weighted by molar-refractivity contribution is -0.139. The Morgan fingerprint density at radius 2 is 2.19 bits per heavy atom. The van der Waals surface area contributed by atoms with Crippen LogP contribution in [0.1, 0.15) is 60.0 Å². The molecule has 0 unspecified atom stereocenters. The fourth-order valence-electron chi connectivity index (χ4n) is 3.73. The van der Waals surface area contributed by atoms with Crippen LogP contribution in [-0.2, 0) is 30.8 Å². The van der Waals surface area contributed by atoms with Gasteiger partial charge in [-0.1, -0.05) is 19.8 Å². The molecule has 8 nitrogen and oxygen atoms in total. The molecule has 2 aromatic rings. The topological polar surface area (TPSA) is 95.9 Å². The third-order valence-corrected chi connectivity index (χ3v) is 5.51. The Morgan fingerprint density at radius 3 is 2.93 bits per heavy atom. The fourth-order valence-corrected chi connectivity index (χ4v) is 3.73. The molecular weight excluding hydrogens is 344 g/mol.